The van der Waals surface area contributed by atoms with Crippen molar-refractivity contribution in [1.29, 1.82) is 0 Å². The third kappa shape index (κ3) is 15.7. The van der Waals surface area contributed by atoms with Crippen LogP contribution in [0.15, 0.2) is 24.3 Å². The molecule has 4 heteroatoms. The summed E-state index contributed by atoms with van der Waals surface area (Å²) in [5, 5.41) is 8.02. The molecule has 0 atom stereocenters. The Morgan fingerprint density at radius 1 is 1.50 bits per heavy atom. The van der Waals surface area contributed by atoms with Crippen molar-refractivity contribution in [2.24, 2.45) is 0 Å². The monoisotopic (exact) mass is 199 g/mol. The first-order valence-electron chi connectivity index (χ1n) is 2.45. The second-order valence-electron chi connectivity index (χ2n) is 1.22. The van der Waals surface area contributed by atoms with Crippen LogP contribution in [-0.4, -0.2) is 11.1 Å². The Bertz CT molecular complexity index is 132. The van der Waals surface area contributed by atoms with Crippen LogP contribution < -0.4 is 0 Å². The van der Waals surface area contributed by atoms with Gasteiger partial charge in [0.1, 0.15) is 0 Å². The van der Waals surface area contributed by atoms with Gasteiger partial charge in [0.25, 0.3) is 0 Å². The van der Waals surface area contributed by atoms with E-state index in [2.05, 4.69) is 25.4 Å². The van der Waals surface area contributed by atoms with Crippen molar-refractivity contribution >= 4 is 16.0 Å². The Kier molecular flexibility index (Phi) is 14.4. The van der Waals surface area contributed by atoms with Gasteiger partial charge >= 0.3 is 31.4 Å². The number of aliphatic carboxylic acids is 1. The molecule has 0 rings (SSSR count). The number of carboxylic acid groups (broad SMARTS) is 1. The fourth-order valence-corrected chi connectivity index (χ4v) is 0.249. The zero-order valence-corrected chi connectivity index (χ0v) is 7.48. The molecule has 0 bridgehead atoms. The quantitative estimate of drug-likeness (QED) is 0.545. The van der Waals surface area contributed by atoms with Crippen molar-refractivity contribution in [3.63, 3.8) is 0 Å². The van der Waals surface area contributed by atoms with Gasteiger partial charge in [-0.1, -0.05) is 18.2 Å². The van der Waals surface area contributed by atoms with Gasteiger partial charge in [0.15, 0.2) is 0 Å². The van der Waals surface area contributed by atoms with Gasteiger partial charge in [0.2, 0.25) is 0 Å². The van der Waals surface area contributed by atoms with Crippen LogP contribution in [0.25, 0.3) is 0 Å². The van der Waals surface area contributed by atoms with Crippen LogP contribution in [0.5, 0.6) is 0 Å². The number of halogens is 1. The van der Waals surface area contributed by atoms with Gasteiger partial charge in [0, 0.05) is 6.08 Å². The topological polar surface area (TPSA) is 37.3 Å². The summed E-state index contributed by atoms with van der Waals surface area (Å²) in [6, 6.07) is 0. The van der Waals surface area contributed by atoms with E-state index in [0.717, 1.165) is 6.08 Å². The summed E-state index contributed by atoms with van der Waals surface area (Å²) in [7, 11) is 4.51. The molecule has 0 aromatic heterocycles. The van der Waals surface area contributed by atoms with Crippen LogP contribution in [0.3, 0.4) is 0 Å². The molecule has 0 saturated heterocycles. The fourth-order valence-electron chi connectivity index (χ4n) is 0.249. The minimum atomic E-state index is -0.914. The van der Waals surface area contributed by atoms with Crippen molar-refractivity contribution < 1.29 is 25.3 Å². The summed E-state index contributed by atoms with van der Waals surface area (Å²) in [6.45, 7) is 1.83. The van der Waals surface area contributed by atoms with Crippen LogP contribution in [0, 0.1) is 0 Å². The molecule has 0 amide bonds. The molecule has 0 aromatic rings. The van der Waals surface area contributed by atoms with Crippen LogP contribution in [-0.2, 0) is 20.2 Å². The standard InChI is InChI=1S/C6H8O2.ClH.Cr/c1-2-3-4-5-6(7)8;;/h2-5H,1H3,(H,7,8);1H;/q;;+1/p-1/b3-2+,5-4+;;. The summed E-state index contributed by atoms with van der Waals surface area (Å²) < 4.78 is 0. The summed E-state index contributed by atoms with van der Waals surface area (Å²) in [5.74, 6) is -0.914. The van der Waals surface area contributed by atoms with Gasteiger partial charge in [0.05, 0.1) is 0 Å². The zero-order valence-electron chi connectivity index (χ0n) is 5.45. The van der Waals surface area contributed by atoms with Crippen molar-refractivity contribution in [3.05, 3.63) is 24.3 Å². The van der Waals surface area contributed by atoms with Crippen molar-refractivity contribution in [1.82, 2.24) is 0 Å². The molecule has 0 aliphatic carbocycles. The molecule has 0 spiro atoms. The summed E-state index contributed by atoms with van der Waals surface area (Å²) in [4.78, 5) is 9.75. The van der Waals surface area contributed by atoms with Crippen LogP contribution >= 0.6 is 10.0 Å². The van der Waals surface area contributed by atoms with Crippen molar-refractivity contribution in [3.8, 4) is 0 Å². The van der Waals surface area contributed by atoms with Crippen LogP contribution in [0.2, 0.25) is 0 Å². The predicted octanol–water partition coefficient (Wildman–Crippen LogP) is 1.89. The van der Waals surface area contributed by atoms with E-state index >= 15 is 0 Å². The van der Waals surface area contributed by atoms with Gasteiger partial charge in [-0.15, -0.1) is 0 Å². The molecule has 0 saturated carbocycles. The summed E-state index contributed by atoms with van der Waals surface area (Å²) in [6.07, 6.45) is 5.98. The molecule has 0 aliphatic heterocycles. The Hall–Kier alpha value is -0.228. The van der Waals surface area contributed by atoms with Crippen molar-refractivity contribution in [2.75, 3.05) is 0 Å². The second-order valence-corrected chi connectivity index (χ2v) is 1.22. The first kappa shape index (κ1) is 12.4. The van der Waals surface area contributed by atoms with E-state index < -0.39 is 5.97 Å². The Morgan fingerprint density at radius 3 is 2.30 bits per heavy atom. The molecule has 0 fully saturated rings. The molecule has 1 N–H and O–H groups in total. The van der Waals surface area contributed by atoms with Gasteiger partial charge < -0.3 is 5.11 Å². The predicted molar refractivity (Wildman–Crippen MR) is 37.4 cm³/mol. The number of allylic oxidation sites excluding steroid dienone is 3. The molecule has 0 heterocycles. The van der Waals surface area contributed by atoms with Gasteiger partial charge in [-0.05, 0) is 6.92 Å². The molecule has 0 aromatic carbocycles. The van der Waals surface area contributed by atoms with Gasteiger partial charge in [-0.2, -0.15) is 0 Å². The first-order chi connectivity index (χ1) is 4.77. The second kappa shape index (κ2) is 11.6. The van der Waals surface area contributed by atoms with E-state index in [-0.39, 0.29) is 0 Å². The van der Waals surface area contributed by atoms with E-state index in [4.69, 9.17) is 5.11 Å². The molecular formula is C6H8ClCrO2. The molecule has 0 aliphatic rings. The normalized spacial score (nSPS) is 9.40. The molecule has 0 radical (unpaired) electrons. The van der Waals surface area contributed by atoms with Gasteiger partial charge in [-0.3, -0.25) is 0 Å². The number of carboxylic acids is 1. The molecule has 2 nitrogen and oxygen atoms in total. The Morgan fingerprint density at radius 2 is 2.00 bits per heavy atom. The maximum atomic E-state index is 9.75. The Labute approximate surface area is 72.8 Å². The minimum absolute atomic E-state index is 0.914. The van der Waals surface area contributed by atoms with Crippen molar-refractivity contribution in [2.45, 2.75) is 6.92 Å². The molecule has 10 heavy (non-hydrogen) atoms. The van der Waals surface area contributed by atoms with Crippen LogP contribution in [0.4, 0.5) is 0 Å². The molecule has 57 valence electrons. The fraction of sp³-hybridized carbons (Fsp3) is 0.167. The van der Waals surface area contributed by atoms with E-state index in [9.17, 15) is 4.79 Å². The third-order valence-corrected chi connectivity index (χ3v) is 0.542. The van der Waals surface area contributed by atoms with Crippen LogP contribution in [0.1, 0.15) is 6.92 Å². The summed E-state index contributed by atoms with van der Waals surface area (Å²) in [5.41, 5.74) is 0. The molecule has 0 unspecified atom stereocenters. The summed E-state index contributed by atoms with van der Waals surface area (Å²) >= 11 is 2.10. The van der Waals surface area contributed by atoms with E-state index in [1.54, 1.807) is 12.2 Å². The number of rotatable bonds is 2. The first-order valence-corrected chi connectivity index (χ1v) is 4.20. The van der Waals surface area contributed by atoms with E-state index in [1.165, 1.54) is 6.08 Å². The SMILES string of the molecule is C/C=C/C=C/C(=O)O.[Cl][Cr]. The number of hydrogen-bond acceptors (Lipinski definition) is 1. The zero-order chi connectivity index (χ0) is 8.41. The third-order valence-electron chi connectivity index (χ3n) is 0.542. The average molecular weight is 200 g/mol. The Balaban J connectivity index is 0. The van der Waals surface area contributed by atoms with E-state index in [0.29, 0.717) is 0 Å². The average Bonchev–Trinajstić information content (AvgIpc) is 1.92. The maximum absolute atomic E-state index is 9.75. The number of carbonyl (C=O) groups is 1. The van der Waals surface area contributed by atoms with Gasteiger partial charge in [-0.25, -0.2) is 4.79 Å². The number of hydrogen-bond donors (Lipinski definition) is 1. The van der Waals surface area contributed by atoms with E-state index in [1.807, 2.05) is 6.92 Å². The molecular weight excluding hydrogens is 192 g/mol.